The fraction of sp³-hybridized carbons (Fsp3) is 0. The van der Waals surface area contributed by atoms with Crippen molar-refractivity contribution in [2.75, 3.05) is 5.32 Å². The summed E-state index contributed by atoms with van der Waals surface area (Å²) in [5.74, 6) is -0.0601. The molecule has 2 rings (SSSR count). The Kier molecular flexibility index (Phi) is 5.40. The highest BCUT2D eigenvalue weighted by atomic mass is 79.9. The van der Waals surface area contributed by atoms with Crippen LogP contribution in [0.4, 0.5) is 5.69 Å². The van der Waals surface area contributed by atoms with Crippen LogP contribution < -0.4 is 5.32 Å². The number of benzene rings is 2. The van der Waals surface area contributed by atoms with Crippen LogP contribution in [0.15, 0.2) is 63.7 Å². The van der Waals surface area contributed by atoms with Crippen molar-refractivity contribution in [2.45, 2.75) is 0 Å². The molecule has 0 amide bonds. The highest BCUT2D eigenvalue weighted by Crippen LogP contribution is 2.25. The summed E-state index contributed by atoms with van der Waals surface area (Å²) in [5.41, 5.74) is 1.48. The first-order valence-corrected chi connectivity index (χ1v) is 7.71. The van der Waals surface area contributed by atoms with Gasteiger partial charge in [-0.05, 0) is 58.4 Å². The number of halogens is 3. The number of nitrogens with one attached hydrogen (secondary N) is 1. The van der Waals surface area contributed by atoms with Gasteiger partial charge in [0.2, 0.25) is 0 Å². The van der Waals surface area contributed by atoms with Gasteiger partial charge in [-0.3, -0.25) is 4.79 Å². The predicted molar refractivity (Wildman–Crippen MR) is 90.4 cm³/mol. The lowest BCUT2D eigenvalue weighted by molar-refractivity contribution is 0.104. The Morgan fingerprint density at radius 1 is 1.10 bits per heavy atom. The molecule has 0 unspecified atom stereocenters. The van der Waals surface area contributed by atoms with E-state index in [0.29, 0.717) is 10.6 Å². The lowest BCUT2D eigenvalue weighted by atomic mass is 10.1. The fourth-order valence-corrected chi connectivity index (χ4v) is 2.59. The molecule has 102 valence electrons. The smallest absolute Gasteiger partial charge is 0.187 e. The molecule has 0 bridgehead atoms. The number of carbonyl (C=O) groups is 1. The van der Waals surface area contributed by atoms with E-state index in [4.69, 9.17) is 11.6 Å². The minimum Gasteiger partial charge on any atom is -0.361 e. The van der Waals surface area contributed by atoms with Crippen molar-refractivity contribution in [1.82, 2.24) is 0 Å². The van der Waals surface area contributed by atoms with E-state index in [1.165, 1.54) is 6.08 Å². The van der Waals surface area contributed by atoms with E-state index in [-0.39, 0.29) is 5.78 Å². The molecule has 0 spiro atoms. The van der Waals surface area contributed by atoms with Crippen LogP contribution >= 0.6 is 43.5 Å². The summed E-state index contributed by atoms with van der Waals surface area (Å²) in [6.07, 6.45) is 3.10. The summed E-state index contributed by atoms with van der Waals surface area (Å²) < 4.78 is 1.78. The molecule has 5 heteroatoms. The molecule has 2 aromatic carbocycles. The molecule has 0 atom stereocenters. The largest absolute Gasteiger partial charge is 0.361 e. The molecule has 0 radical (unpaired) electrons. The van der Waals surface area contributed by atoms with Crippen molar-refractivity contribution >= 4 is 54.9 Å². The Bertz CT molecular complexity index is 653. The zero-order valence-electron chi connectivity index (χ0n) is 10.2. The summed E-state index contributed by atoms with van der Waals surface area (Å²) in [6.45, 7) is 0. The van der Waals surface area contributed by atoms with Crippen LogP contribution in [0.25, 0.3) is 0 Å². The van der Waals surface area contributed by atoms with Crippen LogP contribution in [0.2, 0.25) is 5.02 Å². The van der Waals surface area contributed by atoms with E-state index >= 15 is 0 Å². The van der Waals surface area contributed by atoms with Gasteiger partial charge >= 0.3 is 0 Å². The zero-order valence-corrected chi connectivity index (χ0v) is 14.2. The number of ketones is 1. The molecule has 0 saturated carbocycles. The fourth-order valence-electron chi connectivity index (χ4n) is 1.52. The molecule has 0 aliphatic heterocycles. The third-order valence-electron chi connectivity index (χ3n) is 2.53. The summed E-state index contributed by atoms with van der Waals surface area (Å²) in [5, 5.41) is 3.69. The van der Waals surface area contributed by atoms with E-state index < -0.39 is 0 Å². The zero-order chi connectivity index (χ0) is 14.5. The van der Waals surface area contributed by atoms with Crippen molar-refractivity contribution < 1.29 is 4.79 Å². The quantitative estimate of drug-likeness (QED) is 0.515. The highest BCUT2D eigenvalue weighted by Gasteiger charge is 2.01. The van der Waals surface area contributed by atoms with Crippen LogP contribution in [0.3, 0.4) is 0 Å². The van der Waals surface area contributed by atoms with E-state index in [1.54, 1.807) is 30.5 Å². The molecule has 0 aromatic heterocycles. The third kappa shape index (κ3) is 4.20. The molecule has 0 aliphatic carbocycles. The van der Waals surface area contributed by atoms with Gasteiger partial charge < -0.3 is 5.32 Å². The first-order valence-electron chi connectivity index (χ1n) is 5.74. The molecule has 2 aromatic rings. The second-order valence-corrected chi connectivity index (χ2v) is 6.18. The molecular formula is C15H10Br2ClNO. The van der Waals surface area contributed by atoms with Crippen LogP contribution in [0, 0.1) is 0 Å². The second kappa shape index (κ2) is 7.07. The van der Waals surface area contributed by atoms with E-state index in [1.807, 2.05) is 18.2 Å². The first kappa shape index (κ1) is 15.3. The van der Waals surface area contributed by atoms with E-state index in [2.05, 4.69) is 37.2 Å². The molecule has 0 fully saturated rings. The summed E-state index contributed by atoms with van der Waals surface area (Å²) in [6, 6.07) is 12.6. The number of hydrogen-bond donors (Lipinski definition) is 1. The van der Waals surface area contributed by atoms with Crippen molar-refractivity contribution in [3.63, 3.8) is 0 Å². The maximum atomic E-state index is 11.9. The van der Waals surface area contributed by atoms with Crippen LogP contribution in [-0.2, 0) is 0 Å². The van der Waals surface area contributed by atoms with Gasteiger partial charge in [-0.25, -0.2) is 0 Å². The van der Waals surface area contributed by atoms with E-state index in [9.17, 15) is 4.79 Å². The Hall–Kier alpha value is -1.10. The van der Waals surface area contributed by atoms with Gasteiger partial charge in [-0.2, -0.15) is 0 Å². The van der Waals surface area contributed by atoms with Gasteiger partial charge in [0, 0.05) is 31.8 Å². The molecule has 20 heavy (non-hydrogen) atoms. The average molecular weight is 416 g/mol. The van der Waals surface area contributed by atoms with Crippen molar-refractivity contribution in [2.24, 2.45) is 0 Å². The van der Waals surface area contributed by atoms with Crippen molar-refractivity contribution in [3.8, 4) is 0 Å². The van der Waals surface area contributed by atoms with Gasteiger partial charge in [0.25, 0.3) is 0 Å². The molecule has 0 heterocycles. The topological polar surface area (TPSA) is 29.1 Å². The van der Waals surface area contributed by atoms with E-state index in [0.717, 1.165) is 14.6 Å². The molecule has 0 aliphatic rings. The van der Waals surface area contributed by atoms with Gasteiger partial charge in [0.05, 0.1) is 5.69 Å². The lowest BCUT2D eigenvalue weighted by Gasteiger charge is -2.04. The van der Waals surface area contributed by atoms with Gasteiger partial charge in [0.1, 0.15) is 0 Å². The maximum Gasteiger partial charge on any atom is 0.187 e. The number of hydrogen-bond acceptors (Lipinski definition) is 2. The Balaban J connectivity index is 2.02. The first-order chi connectivity index (χ1) is 9.56. The van der Waals surface area contributed by atoms with Gasteiger partial charge in [0.15, 0.2) is 5.78 Å². The number of carbonyl (C=O) groups excluding carboxylic acids is 1. The monoisotopic (exact) mass is 413 g/mol. The Labute approximate surface area is 139 Å². The Morgan fingerprint density at radius 3 is 2.45 bits per heavy atom. The van der Waals surface area contributed by atoms with Gasteiger partial charge in [-0.15, -0.1) is 0 Å². The maximum absolute atomic E-state index is 11.9. The predicted octanol–water partition coefficient (Wildman–Crippen LogP) is 5.67. The molecule has 0 saturated heterocycles. The van der Waals surface area contributed by atoms with Crippen LogP contribution in [0.1, 0.15) is 10.4 Å². The SMILES string of the molecule is O=C(/C=C/Nc1ccc(Cl)cc1Br)c1ccc(Br)cc1. The minimum absolute atomic E-state index is 0.0601. The lowest BCUT2D eigenvalue weighted by Crippen LogP contribution is -1.96. The minimum atomic E-state index is -0.0601. The Morgan fingerprint density at radius 2 is 1.80 bits per heavy atom. The number of rotatable bonds is 4. The van der Waals surface area contributed by atoms with Crippen LogP contribution in [-0.4, -0.2) is 5.78 Å². The highest BCUT2D eigenvalue weighted by molar-refractivity contribution is 9.10. The van der Waals surface area contributed by atoms with Crippen molar-refractivity contribution in [1.29, 1.82) is 0 Å². The number of anilines is 1. The molecule has 1 N–H and O–H groups in total. The number of allylic oxidation sites excluding steroid dienone is 1. The van der Waals surface area contributed by atoms with Gasteiger partial charge in [-0.1, -0.05) is 27.5 Å². The molecule has 2 nitrogen and oxygen atoms in total. The summed E-state index contributed by atoms with van der Waals surface area (Å²) in [4.78, 5) is 11.9. The average Bonchev–Trinajstić information content (AvgIpc) is 2.42. The summed E-state index contributed by atoms with van der Waals surface area (Å²) in [7, 11) is 0. The summed E-state index contributed by atoms with van der Waals surface area (Å²) >= 11 is 12.6. The van der Waals surface area contributed by atoms with Crippen molar-refractivity contribution in [3.05, 3.63) is 74.3 Å². The second-order valence-electron chi connectivity index (χ2n) is 3.97. The molecular weight excluding hydrogens is 405 g/mol. The van der Waals surface area contributed by atoms with Crippen LogP contribution in [0.5, 0.6) is 0 Å². The third-order valence-corrected chi connectivity index (χ3v) is 3.95. The standard InChI is InChI=1S/C15H10Br2ClNO/c16-11-3-1-10(2-4-11)15(20)7-8-19-14-6-5-12(18)9-13(14)17/h1-9,19H/b8-7+. The normalized spacial score (nSPS) is 10.8.